The van der Waals surface area contributed by atoms with Crippen LogP contribution in [0, 0.1) is 0 Å². The highest BCUT2D eigenvalue weighted by molar-refractivity contribution is 6.33. The normalized spacial score (nSPS) is 12.3. The van der Waals surface area contributed by atoms with Gasteiger partial charge in [-0.2, -0.15) is 0 Å². The van der Waals surface area contributed by atoms with Gasteiger partial charge in [-0.05, 0) is 183 Å². The molecule has 0 aliphatic rings. The zero-order valence-electron chi connectivity index (χ0n) is 38.0. The Morgan fingerprint density at radius 2 is 0.514 bits per heavy atom. The predicted molar refractivity (Wildman–Crippen MR) is 299 cm³/mol. The van der Waals surface area contributed by atoms with E-state index in [1.807, 2.05) is 0 Å². The summed E-state index contributed by atoms with van der Waals surface area (Å²) in [6.45, 7) is 0. The molecule has 14 aromatic carbocycles. The molecule has 0 unspecified atom stereocenters. The lowest BCUT2D eigenvalue weighted by Crippen LogP contribution is -1.94. The van der Waals surface area contributed by atoms with Crippen LogP contribution in [0.2, 0.25) is 0 Å². The number of para-hydroxylation sites is 4. The Morgan fingerprint density at radius 1 is 0.200 bits per heavy atom. The van der Waals surface area contributed by atoms with Gasteiger partial charge in [-0.25, -0.2) is 0 Å². The molecule has 2 aromatic heterocycles. The summed E-state index contributed by atoms with van der Waals surface area (Å²) < 4.78 is 4.79. The average Bonchev–Trinajstić information content (AvgIpc) is 3.94. The molecule has 322 valence electrons. The topological polar surface area (TPSA) is 9.86 Å². The van der Waals surface area contributed by atoms with Gasteiger partial charge in [0.2, 0.25) is 0 Å². The minimum absolute atomic E-state index is 1.17. The first kappa shape index (κ1) is 37.8. The zero-order chi connectivity index (χ0) is 45.6. The van der Waals surface area contributed by atoms with Crippen molar-refractivity contribution in [3.05, 3.63) is 243 Å². The molecule has 0 aliphatic carbocycles. The van der Waals surface area contributed by atoms with Crippen LogP contribution in [-0.2, 0) is 0 Å². The van der Waals surface area contributed by atoms with Crippen LogP contribution in [-0.4, -0.2) is 9.13 Å². The summed E-state index contributed by atoms with van der Waals surface area (Å²) in [6, 6.07) is 90.6. The molecule has 0 atom stereocenters. The summed E-state index contributed by atoms with van der Waals surface area (Å²) in [6.07, 6.45) is 0. The molecule has 0 amide bonds. The number of nitrogens with zero attached hydrogens (tertiary/aromatic N) is 2. The van der Waals surface area contributed by atoms with Gasteiger partial charge in [-0.3, -0.25) is 0 Å². The van der Waals surface area contributed by atoms with E-state index in [2.05, 4.69) is 252 Å². The maximum absolute atomic E-state index is 2.47. The van der Waals surface area contributed by atoms with Crippen LogP contribution >= 0.6 is 0 Å². The molecule has 0 spiro atoms. The van der Waals surface area contributed by atoms with E-state index in [0.29, 0.717) is 0 Å². The second-order valence-electron chi connectivity index (χ2n) is 19.2. The Balaban J connectivity index is 0.885. The SMILES string of the molecule is c1ccc(-n2c3ccccc3c3cc(-c4cc5cccc6c(-c7cc8cccc9c(-c%10ccc%11c(c%10)c%10ccccc%10n%11-c%10ccccc%10)cc%10cccc7c%10c89)cc7cccc4c7c56)ccc32)cc1. The van der Waals surface area contributed by atoms with Gasteiger partial charge in [0.1, 0.15) is 0 Å². The second-order valence-corrected chi connectivity index (χ2v) is 19.2. The first-order chi connectivity index (χ1) is 34.7. The van der Waals surface area contributed by atoms with Gasteiger partial charge >= 0.3 is 0 Å². The largest absolute Gasteiger partial charge is 0.309 e. The Morgan fingerprint density at radius 3 is 0.914 bits per heavy atom. The van der Waals surface area contributed by atoms with E-state index >= 15 is 0 Å². The van der Waals surface area contributed by atoms with Crippen LogP contribution in [0.25, 0.3) is 153 Å². The van der Waals surface area contributed by atoms with Crippen molar-refractivity contribution in [1.29, 1.82) is 0 Å². The van der Waals surface area contributed by atoms with Crippen molar-refractivity contribution in [3.8, 4) is 44.8 Å². The fourth-order valence-corrected chi connectivity index (χ4v) is 12.6. The number of hydrogen-bond acceptors (Lipinski definition) is 0. The molecule has 16 rings (SSSR count). The van der Waals surface area contributed by atoms with E-state index in [1.54, 1.807) is 0 Å². The van der Waals surface area contributed by atoms with Crippen molar-refractivity contribution < 1.29 is 0 Å². The van der Waals surface area contributed by atoms with E-state index in [4.69, 9.17) is 0 Å². The maximum atomic E-state index is 2.47. The van der Waals surface area contributed by atoms with Gasteiger partial charge < -0.3 is 9.13 Å². The van der Waals surface area contributed by atoms with Gasteiger partial charge in [0.05, 0.1) is 22.1 Å². The minimum Gasteiger partial charge on any atom is -0.309 e. The maximum Gasteiger partial charge on any atom is 0.0541 e. The van der Waals surface area contributed by atoms with Gasteiger partial charge in [-0.15, -0.1) is 0 Å². The van der Waals surface area contributed by atoms with Crippen molar-refractivity contribution in [2.75, 3.05) is 0 Å². The molecular weight excluding hydrogens is 845 g/mol. The summed E-state index contributed by atoms with van der Waals surface area (Å²) in [5.41, 5.74) is 14.7. The Kier molecular flexibility index (Phi) is 7.64. The molecule has 0 fully saturated rings. The third-order valence-electron chi connectivity index (χ3n) is 15.5. The molecule has 2 nitrogen and oxygen atoms in total. The lowest BCUT2D eigenvalue weighted by molar-refractivity contribution is 1.18. The third kappa shape index (κ3) is 5.17. The van der Waals surface area contributed by atoms with E-state index in [1.165, 1.54) is 153 Å². The smallest absolute Gasteiger partial charge is 0.0541 e. The van der Waals surface area contributed by atoms with Crippen LogP contribution in [0.4, 0.5) is 0 Å². The van der Waals surface area contributed by atoms with Gasteiger partial charge in [-0.1, -0.05) is 158 Å². The molecule has 0 radical (unpaired) electrons. The lowest BCUT2D eigenvalue weighted by atomic mass is 9.82. The van der Waals surface area contributed by atoms with Gasteiger partial charge in [0.15, 0.2) is 0 Å². The number of fused-ring (bicyclic) bond motifs is 6. The molecule has 16 aromatic rings. The lowest BCUT2D eigenvalue weighted by Gasteiger charge is -2.21. The van der Waals surface area contributed by atoms with Crippen molar-refractivity contribution in [2.24, 2.45) is 0 Å². The van der Waals surface area contributed by atoms with E-state index in [0.717, 1.165) is 0 Å². The van der Waals surface area contributed by atoms with E-state index < -0.39 is 0 Å². The van der Waals surface area contributed by atoms with Crippen LogP contribution in [0.1, 0.15) is 0 Å². The fourth-order valence-electron chi connectivity index (χ4n) is 12.6. The van der Waals surface area contributed by atoms with Crippen LogP contribution < -0.4 is 0 Å². The Hall–Kier alpha value is -9.24. The predicted octanol–water partition coefficient (Wildman–Crippen LogP) is 18.7. The molecule has 2 heterocycles. The van der Waals surface area contributed by atoms with Crippen molar-refractivity contribution in [1.82, 2.24) is 9.13 Å². The zero-order valence-corrected chi connectivity index (χ0v) is 38.0. The number of hydrogen-bond donors (Lipinski definition) is 0. The molecule has 70 heavy (non-hydrogen) atoms. The molecule has 0 saturated heterocycles. The number of aromatic nitrogens is 2. The summed E-state index contributed by atoms with van der Waals surface area (Å²) in [5, 5.41) is 20.5. The van der Waals surface area contributed by atoms with Crippen molar-refractivity contribution in [3.63, 3.8) is 0 Å². The Bertz CT molecular complexity index is 4500. The molecule has 0 N–H and O–H groups in total. The van der Waals surface area contributed by atoms with Gasteiger partial charge in [0.25, 0.3) is 0 Å². The monoisotopic (exact) mass is 884 g/mol. The van der Waals surface area contributed by atoms with Crippen molar-refractivity contribution in [2.45, 2.75) is 0 Å². The van der Waals surface area contributed by atoms with Crippen LogP contribution in [0.3, 0.4) is 0 Å². The average molecular weight is 885 g/mol. The number of rotatable bonds is 5. The Labute approximate surface area is 402 Å². The number of benzene rings is 14. The first-order valence-electron chi connectivity index (χ1n) is 24.3. The molecule has 2 heteroatoms. The summed E-state index contributed by atoms with van der Waals surface area (Å²) >= 11 is 0. The highest BCUT2D eigenvalue weighted by atomic mass is 15.0. The second kappa shape index (κ2) is 14.1. The summed E-state index contributed by atoms with van der Waals surface area (Å²) in [7, 11) is 0. The molecule has 0 saturated carbocycles. The first-order valence-corrected chi connectivity index (χ1v) is 24.3. The third-order valence-corrected chi connectivity index (χ3v) is 15.5. The van der Waals surface area contributed by atoms with Crippen molar-refractivity contribution >= 4 is 108 Å². The quantitative estimate of drug-likeness (QED) is 0.152. The van der Waals surface area contributed by atoms with E-state index in [9.17, 15) is 0 Å². The summed E-state index contributed by atoms with van der Waals surface area (Å²) in [4.78, 5) is 0. The van der Waals surface area contributed by atoms with E-state index in [-0.39, 0.29) is 0 Å². The summed E-state index contributed by atoms with van der Waals surface area (Å²) in [5.74, 6) is 0. The van der Waals surface area contributed by atoms with Crippen LogP contribution in [0.5, 0.6) is 0 Å². The van der Waals surface area contributed by atoms with Gasteiger partial charge in [0, 0.05) is 32.9 Å². The molecular formula is C68H40N2. The highest BCUT2D eigenvalue weighted by Crippen LogP contribution is 2.49. The molecule has 0 bridgehead atoms. The molecule has 0 aliphatic heterocycles. The standard InChI is InChI=1S/C68H40N2/c1-3-19-47(20-4-1)69-61-29-9-7-23-49(61)59-35-41(31-33-63(59)69)55-37-43-15-13-27-53-57(39-45-17-11-25-51(55)65(45)67(43)53)58-40-46-18-12-26-52-56(38-44-16-14-28-54(58)68(44)66(46)52)42-32-34-64-60(36-42)50-24-8-10-30-62(50)70(64)48-21-5-2-6-22-48/h1-40H. The minimum atomic E-state index is 1.17. The fraction of sp³-hybridized carbons (Fsp3) is 0. The highest BCUT2D eigenvalue weighted by Gasteiger charge is 2.22. The van der Waals surface area contributed by atoms with Crippen LogP contribution in [0.15, 0.2) is 243 Å².